The van der Waals surface area contributed by atoms with Gasteiger partial charge in [0.25, 0.3) is 5.91 Å². The molecule has 0 aliphatic carbocycles. The van der Waals surface area contributed by atoms with Gasteiger partial charge < -0.3 is 15.2 Å². The van der Waals surface area contributed by atoms with E-state index in [0.717, 1.165) is 24.6 Å². The molecule has 3 aromatic rings. The molecule has 0 fully saturated rings. The third-order valence-corrected chi connectivity index (χ3v) is 5.33. The number of aromatic nitrogens is 3. The quantitative estimate of drug-likeness (QED) is 0.480. The number of benzene rings is 2. The molecule has 0 saturated carbocycles. The summed E-state index contributed by atoms with van der Waals surface area (Å²) in [5.41, 5.74) is -1.80. The normalized spacial score (nSPS) is 12.0. The number of hydrogen-bond acceptors (Lipinski definition) is 5. The van der Waals surface area contributed by atoms with Gasteiger partial charge >= 0.3 is 5.69 Å². The highest BCUT2D eigenvalue weighted by Crippen LogP contribution is 2.30. The van der Waals surface area contributed by atoms with Crippen LogP contribution in [0.3, 0.4) is 0 Å². The molecular weight excluding hydrogens is 481 g/mol. The van der Waals surface area contributed by atoms with E-state index in [1.165, 1.54) is 12.1 Å². The minimum absolute atomic E-state index is 0.0435. The lowest BCUT2D eigenvalue weighted by Gasteiger charge is -2.18. The molecule has 33 heavy (non-hydrogen) atoms. The Morgan fingerprint density at radius 3 is 2.64 bits per heavy atom. The number of halogens is 4. The Balaban J connectivity index is 2.10. The second-order valence-corrected chi connectivity index (χ2v) is 7.86. The van der Waals surface area contributed by atoms with Crippen LogP contribution in [0.25, 0.3) is 5.69 Å². The Hall–Kier alpha value is -2.95. The first kappa shape index (κ1) is 24.7. The van der Waals surface area contributed by atoms with Gasteiger partial charge in [-0.25, -0.2) is 13.6 Å². The molecule has 1 amide bonds. The van der Waals surface area contributed by atoms with Crippen molar-refractivity contribution in [2.45, 2.75) is 39.4 Å². The number of rotatable bonds is 8. The van der Waals surface area contributed by atoms with Crippen LogP contribution < -0.4 is 15.7 Å². The molecule has 0 aliphatic rings. The van der Waals surface area contributed by atoms with Crippen LogP contribution in [-0.2, 0) is 6.61 Å². The van der Waals surface area contributed by atoms with E-state index in [1.807, 2.05) is 6.92 Å². The third kappa shape index (κ3) is 5.18. The predicted molar refractivity (Wildman–Crippen MR) is 119 cm³/mol. The lowest BCUT2D eigenvalue weighted by molar-refractivity contribution is 0.101. The highest BCUT2D eigenvalue weighted by Gasteiger charge is 2.24. The number of para-hydroxylation sites is 1. The molecule has 3 rings (SSSR count). The average Bonchev–Trinajstić information content (AvgIpc) is 3.05. The van der Waals surface area contributed by atoms with Crippen molar-refractivity contribution in [3.63, 3.8) is 0 Å². The number of nitrogens with zero attached hydrogens (tertiary/aromatic N) is 3. The number of nitrogens with one attached hydrogen (secondary N) is 1. The van der Waals surface area contributed by atoms with Crippen molar-refractivity contribution in [3.8, 4) is 11.4 Å². The van der Waals surface area contributed by atoms with E-state index in [4.69, 9.17) is 28.1 Å². The lowest BCUT2D eigenvalue weighted by atomic mass is 10.1. The van der Waals surface area contributed by atoms with E-state index in [2.05, 4.69) is 10.4 Å². The monoisotopic (exact) mass is 500 g/mol. The van der Waals surface area contributed by atoms with Gasteiger partial charge in [0.2, 0.25) is 0 Å². The van der Waals surface area contributed by atoms with Crippen molar-refractivity contribution < 1.29 is 23.4 Å². The van der Waals surface area contributed by atoms with Crippen molar-refractivity contribution in [1.82, 2.24) is 13.9 Å². The standard InChI is InChI=1S/C21H20Cl2F2N4O4/c1-3-5-11(2)33-17-9-16(29-21(32)28(23)18(10-30)27-29)15(25)8-12(17)20(31)26-19-13(22)6-4-7-14(19)24/h4,6-9,11,30H,3,5,10H2,1-2H3,(H,26,31)/t11-/m0/s1. The zero-order chi connectivity index (χ0) is 24.3. The molecule has 8 nitrogen and oxygen atoms in total. The molecular formula is C21H20Cl2F2N4O4. The summed E-state index contributed by atoms with van der Waals surface area (Å²) in [7, 11) is 0. The molecule has 0 radical (unpaired) electrons. The van der Waals surface area contributed by atoms with Crippen molar-refractivity contribution >= 4 is 35.0 Å². The van der Waals surface area contributed by atoms with Gasteiger partial charge in [-0.15, -0.1) is 5.10 Å². The van der Waals surface area contributed by atoms with Crippen LogP contribution in [0.15, 0.2) is 35.1 Å². The van der Waals surface area contributed by atoms with Crippen LogP contribution >= 0.6 is 23.4 Å². The molecule has 176 valence electrons. The maximum absolute atomic E-state index is 15.0. The van der Waals surface area contributed by atoms with Crippen LogP contribution in [0.2, 0.25) is 5.02 Å². The zero-order valence-electron chi connectivity index (χ0n) is 17.6. The van der Waals surface area contributed by atoms with Crippen LogP contribution in [-0.4, -0.2) is 31.0 Å². The number of aliphatic hydroxyl groups is 1. The molecule has 2 aromatic carbocycles. The van der Waals surface area contributed by atoms with Gasteiger partial charge in [0.15, 0.2) is 5.82 Å². The first-order valence-electron chi connectivity index (χ1n) is 9.91. The van der Waals surface area contributed by atoms with Crippen molar-refractivity contribution in [2.24, 2.45) is 0 Å². The maximum Gasteiger partial charge on any atom is 0.365 e. The maximum atomic E-state index is 15.0. The fourth-order valence-corrected chi connectivity index (χ4v) is 3.47. The Bertz CT molecular complexity index is 1230. The summed E-state index contributed by atoms with van der Waals surface area (Å²) in [5, 5.41) is 15.4. The highest BCUT2D eigenvalue weighted by molar-refractivity contribution is 6.34. The molecule has 0 aliphatic heterocycles. The molecule has 2 N–H and O–H groups in total. The van der Waals surface area contributed by atoms with Crippen molar-refractivity contribution in [1.29, 1.82) is 0 Å². The zero-order valence-corrected chi connectivity index (χ0v) is 19.1. The van der Waals surface area contributed by atoms with Gasteiger partial charge in [0.1, 0.15) is 29.7 Å². The summed E-state index contributed by atoms with van der Waals surface area (Å²) in [6.07, 6.45) is 1.03. The molecule has 12 heteroatoms. The number of carbonyl (C=O) groups excluding carboxylic acids is 1. The second kappa shape index (κ2) is 10.3. The van der Waals surface area contributed by atoms with Crippen LogP contribution in [0, 0.1) is 11.6 Å². The molecule has 1 aromatic heterocycles. The molecule has 0 spiro atoms. The molecule has 1 heterocycles. The number of hydrogen-bond donors (Lipinski definition) is 2. The Kier molecular flexibility index (Phi) is 7.72. The summed E-state index contributed by atoms with van der Waals surface area (Å²) in [4.78, 5) is 25.3. The minimum atomic E-state index is -1.00. The average molecular weight is 501 g/mol. The van der Waals surface area contributed by atoms with Gasteiger partial charge in [-0.1, -0.05) is 31.0 Å². The first-order chi connectivity index (χ1) is 15.7. The van der Waals surface area contributed by atoms with E-state index in [9.17, 15) is 19.1 Å². The van der Waals surface area contributed by atoms with E-state index in [-0.39, 0.29) is 39.6 Å². The summed E-state index contributed by atoms with van der Waals surface area (Å²) >= 11 is 11.7. The second-order valence-electron chi connectivity index (χ2n) is 7.12. The number of carbonyl (C=O) groups is 1. The minimum Gasteiger partial charge on any atom is -0.490 e. The number of ether oxygens (including phenoxy) is 1. The van der Waals surface area contributed by atoms with Gasteiger partial charge in [0.05, 0.1) is 22.4 Å². The summed E-state index contributed by atoms with van der Waals surface area (Å²) < 4.78 is 36.2. The van der Waals surface area contributed by atoms with Crippen LogP contribution in [0.1, 0.15) is 42.9 Å². The van der Waals surface area contributed by atoms with Gasteiger partial charge in [-0.05, 0) is 31.5 Å². The summed E-state index contributed by atoms with van der Waals surface area (Å²) in [6.45, 7) is 3.03. The Morgan fingerprint density at radius 2 is 2.03 bits per heavy atom. The molecule has 0 saturated heterocycles. The summed E-state index contributed by atoms with van der Waals surface area (Å²) in [5.74, 6) is -2.93. The van der Waals surface area contributed by atoms with Crippen molar-refractivity contribution in [2.75, 3.05) is 5.32 Å². The summed E-state index contributed by atoms with van der Waals surface area (Å²) in [6, 6.07) is 5.83. The number of anilines is 1. The third-order valence-electron chi connectivity index (χ3n) is 4.68. The number of amides is 1. The van der Waals surface area contributed by atoms with E-state index < -0.39 is 29.8 Å². The highest BCUT2D eigenvalue weighted by atomic mass is 35.5. The fourth-order valence-electron chi connectivity index (χ4n) is 3.10. The SMILES string of the molecule is CCC[C@H](C)Oc1cc(-n2nc(CO)n(Cl)c2=O)c(F)cc1C(=O)Nc1c(F)cccc1Cl. The van der Waals surface area contributed by atoms with Crippen molar-refractivity contribution in [3.05, 3.63) is 68.9 Å². The van der Waals surface area contributed by atoms with E-state index >= 15 is 4.39 Å². The molecule has 1 atom stereocenters. The van der Waals surface area contributed by atoms with Gasteiger partial charge in [-0.3, -0.25) is 4.79 Å². The predicted octanol–water partition coefficient (Wildman–Crippen LogP) is 4.28. The smallest absolute Gasteiger partial charge is 0.365 e. The Morgan fingerprint density at radius 1 is 1.30 bits per heavy atom. The largest absolute Gasteiger partial charge is 0.490 e. The number of aliphatic hydroxyl groups excluding tert-OH is 1. The lowest BCUT2D eigenvalue weighted by Crippen LogP contribution is -2.23. The van der Waals surface area contributed by atoms with Gasteiger partial charge in [-0.2, -0.15) is 8.77 Å². The topological polar surface area (TPSA) is 98.4 Å². The van der Waals surface area contributed by atoms with Crippen LogP contribution in [0.4, 0.5) is 14.5 Å². The van der Waals surface area contributed by atoms with Crippen LogP contribution in [0.5, 0.6) is 5.75 Å². The van der Waals surface area contributed by atoms with E-state index in [0.29, 0.717) is 15.2 Å². The fraction of sp³-hybridized carbons (Fsp3) is 0.286. The first-order valence-corrected chi connectivity index (χ1v) is 10.6. The molecule has 0 bridgehead atoms. The van der Waals surface area contributed by atoms with E-state index in [1.54, 1.807) is 6.92 Å². The van der Waals surface area contributed by atoms with Gasteiger partial charge in [0, 0.05) is 17.8 Å². The Labute approximate surface area is 197 Å². The molecule has 0 unspecified atom stereocenters.